The van der Waals surface area contributed by atoms with Gasteiger partial charge in [0.1, 0.15) is 11.6 Å². The molecule has 2 heterocycles. The molecule has 3 aromatic rings. The number of aryl methyl sites for hydroxylation is 1. The predicted octanol–water partition coefficient (Wildman–Crippen LogP) is 2.25. The molecule has 0 aliphatic carbocycles. The number of nitrogens with one attached hydrogen (secondary N) is 2. The normalized spacial score (nSPS) is 10.5. The first-order chi connectivity index (χ1) is 11.7. The number of rotatable bonds is 6. The first-order valence-electron chi connectivity index (χ1n) is 7.53. The number of benzene rings is 1. The van der Waals surface area contributed by atoms with Gasteiger partial charge in [0.15, 0.2) is 5.82 Å². The van der Waals surface area contributed by atoms with Gasteiger partial charge in [-0.3, -0.25) is 14.9 Å². The van der Waals surface area contributed by atoms with Gasteiger partial charge in [-0.05, 0) is 42.3 Å². The van der Waals surface area contributed by atoms with E-state index >= 15 is 0 Å². The fraction of sp³-hybridized carbons (Fsp3) is 0.176. The zero-order valence-electron chi connectivity index (χ0n) is 12.9. The second kappa shape index (κ2) is 7.45. The SMILES string of the molecule is O=C(CCc1cccnc1)NCc1nc(-c2ccc(F)cc2)n[nH]1. The minimum absolute atomic E-state index is 0.0708. The lowest BCUT2D eigenvalue weighted by atomic mass is 10.1. The molecule has 0 unspecified atom stereocenters. The number of carbonyl (C=O) groups excluding carboxylic acids is 1. The number of aromatic amines is 1. The molecule has 0 bridgehead atoms. The molecule has 0 fully saturated rings. The number of amides is 1. The zero-order valence-corrected chi connectivity index (χ0v) is 12.9. The number of carbonyl (C=O) groups is 1. The summed E-state index contributed by atoms with van der Waals surface area (Å²) < 4.78 is 12.9. The number of halogens is 1. The van der Waals surface area contributed by atoms with E-state index in [4.69, 9.17) is 0 Å². The molecule has 1 aromatic carbocycles. The second-order valence-corrected chi connectivity index (χ2v) is 5.25. The van der Waals surface area contributed by atoms with E-state index in [0.29, 0.717) is 30.1 Å². The Balaban J connectivity index is 1.50. The van der Waals surface area contributed by atoms with Crippen molar-refractivity contribution in [2.24, 2.45) is 0 Å². The van der Waals surface area contributed by atoms with Crippen LogP contribution in [0.3, 0.4) is 0 Å². The third-order valence-electron chi connectivity index (χ3n) is 3.45. The lowest BCUT2D eigenvalue weighted by molar-refractivity contribution is -0.121. The van der Waals surface area contributed by atoms with Gasteiger partial charge in [0.2, 0.25) is 5.91 Å². The molecule has 2 N–H and O–H groups in total. The fourth-order valence-corrected chi connectivity index (χ4v) is 2.18. The van der Waals surface area contributed by atoms with E-state index < -0.39 is 0 Å². The summed E-state index contributed by atoms with van der Waals surface area (Å²) in [5.74, 6) is 0.632. The molecular formula is C17H16FN5O. The Kier molecular flexibility index (Phi) is 4.90. The van der Waals surface area contributed by atoms with Crippen LogP contribution in [0.15, 0.2) is 48.8 Å². The molecule has 1 amide bonds. The van der Waals surface area contributed by atoms with Crippen molar-refractivity contribution in [2.45, 2.75) is 19.4 Å². The molecule has 2 aromatic heterocycles. The van der Waals surface area contributed by atoms with Crippen LogP contribution in [0.5, 0.6) is 0 Å². The second-order valence-electron chi connectivity index (χ2n) is 5.25. The predicted molar refractivity (Wildman–Crippen MR) is 86.2 cm³/mol. The zero-order chi connectivity index (χ0) is 16.8. The smallest absolute Gasteiger partial charge is 0.220 e. The van der Waals surface area contributed by atoms with Crippen LogP contribution in [0.2, 0.25) is 0 Å². The first kappa shape index (κ1) is 15.8. The number of nitrogens with zero attached hydrogens (tertiary/aromatic N) is 3. The topological polar surface area (TPSA) is 83.6 Å². The minimum Gasteiger partial charge on any atom is -0.349 e. The Morgan fingerprint density at radius 2 is 2.04 bits per heavy atom. The van der Waals surface area contributed by atoms with Crippen molar-refractivity contribution in [3.05, 3.63) is 66.0 Å². The number of H-pyrrole nitrogens is 1. The summed E-state index contributed by atoms with van der Waals surface area (Å²) in [6.07, 6.45) is 4.46. The third kappa shape index (κ3) is 4.22. The molecule has 0 atom stereocenters. The van der Waals surface area contributed by atoms with Crippen LogP contribution >= 0.6 is 0 Å². The highest BCUT2D eigenvalue weighted by Crippen LogP contribution is 2.14. The minimum atomic E-state index is -0.310. The van der Waals surface area contributed by atoms with Gasteiger partial charge >= 0.3 is 0 Å². The van der Waals surface area contributed by atoms with Crippen molar-refractivity contribution in [3.8, 4) is 11.4 Å². The Labute approximate surface area is 138 Å². The number of hydrogen-bond acceptors (Lipinski definition) is 4. The highest BCUT2D eigenvalue weighted by atomic mass is 19.1. The molecular weight excluding hydrogens is 309 g/mol. The van der Waals surface area contributed by atoms with Crippen molar-refractivity contribution in [2.75, 3.05) is 0 Å². The van der Waals surface area contributed by atoms with Crippen molar-refractivity contribution >= 4 is 5.91 Å². The molecule has 0 saturated heterocycles. The average molecular weight is 325 g/mol. The standard InChI is InChI=1S/C17H16FN5O/c18-14-6-4-13(5-7-14)17-21-15(22-23-17)11-20-16(24)8-3-12-2-1-9-19-10-12/h1-2,4-7,9-10H,3,8,11H2,(H,20,24)(H,21,22,23). The Morgan fingerprint density at radius 3 is 2.79 bits per heavy atom. The maximum absolute atomic E-state index is 12.9. The van der Waals surface area contributed by atoms with Crippen LogP contribution in [-0.4, -0.2) is 26.1 Å². The van der Waals surface area contributed by atoms with Gasteiger partial charge in [0.25, 0.3) is 0 Å². The Morgan fingerprint density at radius 1 is 1.21 bits per heavy atom. The fourth-order valence-electron chi connectivity index (χ4n) is 2.18. The summed E-state index contributed by atoms with van der Waals surface area (Å²) in [6, 6.07) is 9.70. The van der Waals surface area contributed by atoms with Crippen LogP contribution < -0.4 is 5.32 Å². The van der Waals surface area contributed by atoms with E-state index in [0.717, 1.165) is 5.56 Å². The Hall–Kier alpha value is -3.09. The van der Waals surface area contributed by atoms with E-state index in [1.807, 2.05) is 12.1 Å². The number of pyridine rings is 1. The van der Waals surface area contributed by atoms with E-state index in [-0.39, 0.29) is 18.3 Å². The highest BCUT2D eigenvalue weighted by molar-refractivity contribution is 5.76. The molecule has 0 saturated carbocycles. The van der Waals surface area contributed by atoms with Crippen molar-refractivity contribution in [1.29, 1.82) is 0 Å². The van der Waals surface area contributed by atoms with Gasteiger partial charge in [0, 0.05) is 24.4 Å². The van der Waals surface area contributed by atoms with Crippen molar-refractivity contribution in [1.82, 2.24) is 25.5 Å². The van der Waals surface area contributed by atoms with E-state index in [1.54, 1.807) is 24.5 Å². The van der Waals surface area contributed by atoms with Gasteiger partial charge in [-0.2, -0.15) is 5.10 Å². The first-order valence-corrected chi connectivity index (χ1v) is 7.53. The van der Waals surface area contributed by atoms with E-state index in [2.05, 4.69) is 25.5 Å². The monoisotopic (exact) mass is 325 g/mol. The van der Waals surface area contributed by atoms with Crippen molar-refractivity contribution in [3.63, 3.8) is 0 Å². The molecule has 24 heavy (non-hydrogen) atoms. The summed E-state index contributed by atoms with van der Waals surface area (Å²) in [4.78, 5) is 20.2. The summed E-state index contributed by atoms with van der Waals surface area (Å²) in [5, 5.41) is 9.63. The summed E-state index contributed by atoms with van der Waals surface area (Å²) in [7, 11) is 0. The molecule has 0 aliphatic heterocycles. The molecule has 3 rings (SSSR count). The average Bonchev–Trinajstić information content (AvgIpc) is 3.09. The largest absolute Gasteiger partial charge is 0.349 e. The Bertz CT molecular complexity index is 801. The highest BCUT2D eigenvalue weighted by Gasteiger charge is 2.08. The van der Waals surface area contributed by atoms with Gasteiger partial charge in [-0.1, -0.05) is 6.07 Å². The maximum Gasteiger partial charge on any atom is 0.220 e. The molecule has 0 aliphatic rings. The lowest BCUT2D eigenvalue weighted by Gasteiger charge is -2.03. The molecule has 0 radical (unpaired) electrons. The molecule has 122 valence electrons. The van der Waals surface area contributed by atoms with Crippen LogP contribution in [0.1, 0.15) is 17.8 Å². The van der Waals surface area contributed by atoms with Crippen LogP contribution in [-0.2, 0) is 17.8 Å². The van der Waals surface area contributed by atoms with Gasteiger partial charge in [0.05, 0.1) is 6.54 Å². The number of aromatic nitrogens is 4. The maximum atomic E-state index is 12.9. The van der Waals surface area contributed by atoms with Gasteiger partial charge < -0.3 is 5.32 Å². The molecule has 6 nitrogen and oxygen atoms in total. The van der Waals surface area contributed by atoms with Crippen molar-refractivity contribution < 1.29 is 9.18 Å². The van der Waals surface area contributed by atoms with Crippen LogP contribution in [0.4, 0.5) is 4.39 Å². The third-order valence-corrected chi connectivity index (χ3v) is 3.45. The summed E-state index contributed by atoms with van der Waals surface area (Å²) in [5.41, 5.74) is 1.73. The van der Waals surface area contributed by atoms with E-state index in [9.17, 15) is 9.18 Å². The van der Waals surface area contributed by atoms with E-state index in [1.165, 1.54) is 12.1 Å². The van der Waals surface area contributed by atoms with Gasteiger partial charge in [-0.25, -0.2) is 9.37 Å². The molecule has 7 heteroatoms. The lowest BCUT2D eigenvalue weighted by Crippen LogP contribution is -2.23. The van der Waals surface area contributed by atoms with Crippen LogP contribution in [0, 0.1) is 5.82 Å². The summed E-state index contributed by atoms with van der Waals surface area (Å²) in [6.45, 7) is 0.264. The van der Waals surface area contributed by atoms with Gasteiger partial charge in [-0.15, -0.1) is 0 Å². The molecule has 0 spiro atoms. The quantitative estimate of drug-likeness (QED) is 0.728. The number of hydrogen-bond donors (Lipinski definition) is 2. The van der Waals surface area contributed by atoms with Crippen LogP contribution in [0.25, 0.3) is 11.4 Å². The summed E-state index contributed by atoms with van der Waals surface area (Å²) >= 11 is 0.